The summed E-state index contributed by atoms with van der Waals surface area (Å²) in [5.74, 6) is -0.361. The molecule has 8 heteroatoms. The van der Waals surface area contributed by atoms with Gasteiger partial charge < -0.3 is 14.1 Å². The Kier molecular flexibility index (Phi) is 5.98. The van der Waals surface area contributed by atoms with Crippen LogP contribution in [0.1, 0.15) is 24.3 Å². The minimum Gasteiger partial charge on any atom is -0.468 e. The zero-order valence-corrected chi connectivity index (χ0v) is 16.2. The number of morpholine rings is 1. The maximum absolute atomic E-state index is 12.9. The van der Waals surface area contributed by atoms with Gasteiger partial charge in [0.2, 0.25) is 15.9 Å². The molecule has 0 spiro atoms. The maximum atomic E-state index is 12.9. The number of benzene rings is 1. The van der Waals surface area contributed by atoms with E-state index >= 15 is 0 Å². The van der Waals surface area contributed by atoms with E-state index in [0.29, 0.717) is 32.1 Å². The Labute approximate surface area is 159 Å². The second-order valence-corrected chi connectivity index (χ2v) is 8.37. The molecule has 2 aromatic rings. The highest BCUT2D eigenvalue weighted by Gasteiger charge is 2.34. The van der Waals surface area contributed by atoms with E-state index in [1.807, 2.05) is 6.92 Å². The van der Waals surface area contributed by atoms with Crippen LogP contribution in [0.5, 0.6) is 0 Å². The molecule has 1 aliphatic rings. The molecule has 7 nitrogen and oxygen atoms in total. The zero-order chi connectivity index (χ0) is 19.4. The molecule has 1 amide bonds. The van der Waals surface area contributed by atoms with E-state index in [2.05, 4.69) is 4.72 Å². The molecular formula is C19H24N2O5S. The Morgan fingerprint density at radius 2 is 1.81 bits per heavy atom. The number of amides is 1. The summed E-state index contributed by atoms with van der Waals surface area (Å²) in [7, 11) is -3.82. The van der Waals surface area contributed by atoms with Gasteiger partial charge in [-0.2, -0.15) is 4.72 Å². The summed E-state index contributed by atoms with van der Waals surface area (Å²) in [5, 5.41) is 0. The van der Waals surface area contributed by atoms with Crippen LogP contribution in [0.15, 0.2) is 52.0 Å². The molecule has 1 aromatic heterocycles. The van der Waals surface area contributed by atoms with Gasteiger partial charge in [0.1, 0.15) is 5.76 Å². The largest absolute Gasteiger partial charge is 0.468 e. The number of sulfonamides is 1. The van der Waals surface area contributed by atoms with Gasteiger partial charge in [0.15, 0.2) is 0 Å². The van der Waals surface area contributed by atoms with E-state index in [1.165, 1.54) is 6.26 Å². The van der Waals surface area contributed by atoms with Gasteiger partial charge in [0.05, 0.1) is 36.3 Å². The molecule has 0 bridgehead atoms. The fraction of sp³-hybridized carbons (Fsp3) is 0.421. The Morgan fingerprint density at radius 3 is 2.41 bits per heavy atom. The van der Waals surface area contributed by atoms with E-state index in [1.54, 1.807) is 48.2 Å². The molecule has 0 unspecified atom stereocenters. The summed E-state index contributed by atoms with van der Waals surface area (Å²) in [5.41, 5.74) is 0.965. The monoisotopic (exact) mass is 392 g/mol. The van der Waals surface area contributed by atoms with Gasteiger partial charge in [0, 0.05) is 13.1 Å². The van der Waals surface area contributed by atoms with Crippen molar-refractivity contribution in [2.45, 2.75) is 24.8 Å². The number of furan rings is 1. The van der Waals surface area contributed by atoms with Crippen LogP contribution in [0, 0.1) is 12.8 Å². The van der Waals surface area contributed by atoms with Crippen molar-refractivity contribution in [2.24, 2.45) is 5.92 Å². The minimum atomic E-state index is -3.82. The van der Waals surface area contributed by atoms with Gasteiger partial charge >= 0.3 is 0 Å². The van der Waals surface area contributed by atoms with E-state index in [-0.39, 0.29) is 10.8 Å². The maximum Gasteiger partial charge on any atom is 0.241 e. The number of carbonyl (C=O) groups excluding carboxylic acids is 1. The summed E-state index contributed by atoms with van der Waals surface area (Å²) in [6.07, 6.45) is 1.47. The molecule has 3 rings (SSSR count). The highest BCUT2D eigenvalue weighted by Crippen LogP contribution is 2.27. The Bertz CT molecular complexity index is 856. The lowest BCUT2D eigenvalue weighted by atomic mass is 9.99. The minimum absolute atomic E-state index is 0.133. The van der Waals surface area contributed by atoms with Crippen LogP contribution in [-0.4, -0.2) is 45.5 Å². The van der Waals surface area contributed by atoms with Crippen molar-refractivity contribution in [3.63, 3.8) is 0 Å². The van der Waals surface area contributed by atoms with E-state index in [9.17, 15) is 13.2 Å². The standard InChI is InChI=1S/C19H24N2O5S/c1-14-5-7-16(8-6-14)27(23,24)20-18(17-4-3-11-26-17)15(2)19(22)21-9-12-25-13-10-21/h3-8,11,15,18,20H,9-10,12-13H2,1-2H3/t15-,18-/m1/s1. The average molecular weight is 392 g/mol. The molecule has 146 valence electrons. The quantitative estimate of drug-likeness (QED) is 0.813. The summed E-state index contributed by atoms with van der Waals surface area (Å²) in [6.45, 7) is 5.57. The van der Waals surface area contributed by atoms with Crippen molar-refractivity contribution in [2.75, 3.05) is 26.3 Å². The van der Waals surface area contributed by atoms with Crippen LogP contribution in [0.2, 0.25) is 0 Å². The molecule has 2 heterocycles. The zero-order valence-electron chi connectivity index (χ0n) is 15.4. The van der Waals surface area contributed by atoms with Gasteiger partial charge in [-0.15, -0.1) is 0 Å². The molecule has 1 aromatic carbocycles. The first-order valence-corrected chi connectivity index (χ1v) is 10.4. The molecule has 27 heavy (non-hydrogen) atoms. The lowest BCUT2D eigenvalue weighted by Gasteiger charge is -2.32. The van der Waals surface area contributed by atoms with E-state index in [4.69, 9.17) is 9.15 Å². The molecule has 2 atom stereocenters. The number of nitrogens with one attached hydrogen (secondary N) is 1. The van der Waals surface area contributed by atoms with Crippen LogP contribution in [-0.2, 0) is 19.6 Å². The predicted molar refractivity (Wildman–Crippen MR) is 99.5 cm³/mol. The van der Waals surface area contributed by atoms with Crippen molar-refractivity contribution in [1.82, 2.24) is 9.62 Å². The Hall–Kier alpha value is -2.16. The van der Waals surface area contributed by atoms with Crippen molar-refractivity contribution in [3.8, 4) is 0 Å². The van der Waals surface area contributed by atoms with Crippen molar-refractivity contribution in [1.29, 1.82) is 0 Å². The molecule has 1 saturated heterocycles. The van der Waals surface area contributed by atoms with E-state index in [0.717, 1.165) is 5.56 Å². The fourth-order valence-corrected chi connectivity index (χ4v) is 4.33. The molecule has 1 fully saturated rings. The van der Waals surface area contributed by atoms with Crippen LogP contribution in [0.4, 0.5) is 0 Å². The third-order valence-corrected chi connectivity index (χ3v) is 6.13. The summed E-state index contributed by atoms with van der Waals surface area (Å²) in [4.78, 5) is 14.7. The van der Waals surface area contributed by atoms with Crippen LogP contribution < -0.4 is 4.72 Å². The number of hydrogen-bond acceptors (Lipinski definition) is 5. The number of aryl methyl sites for hydroxylation is 1. The molecule has 1 aliphatic heterocycles. The van der Waals surface area contributed by atoms with Crippen molar-refractivity contribution >= 4 is 15.9 Å². The average Bonchev–Trinajstić information content (AvgIpc) is 3.20. The highest BCUT2D eigenvalue weighted by atomic mass is 32.2. The van der Waals surface area contributed by atoms with Gasteiger partial charge in [-0.3, -0.25) is 4.79 Å². The lowest BCUT2D eigenvalue weighted by Crippen LogP contribution is -2.46. The van der Waals surface area contributed by atoms with Crippen molar-refractivity contribution in [3.05, 3.63) is 54.0 Å². The second kappa shape index (κ2) is 8.24. The molecule has 0 radical (unpaired) electrons. The third kappa shape index (κ3) is 4.58. The highest BCUT2D eigenvalue weighted by molar-refractivity contribution is 7.89. The van der Waals surface area contributed by atoms with Crippen LogP contribution >= 0.6 is 0 Å². The van der Waals surface area contributed by atoms with Gasteiger partial charge in [-0.1, -0.05) is 24.6 Å². The summed E-state index contributed by atoms with van der Waals surface area (Å²) >= 11 is 0. The number of hydrogen-bond donors (Lipinski definition) is 1. The second-order valence-electron chi connectivity index (χ2n) is 6.65. The fourth-order valence-electron chi connectivity index (χ4n) is 3.04. The van der Waals surface area contributed by atoms with Crippen LogP contribution in [0.25, 0.3) is 0 Å². The van der Waals surface area contributed by atoms with E-state index < -0.39 is 22.0 Å². The first-order chi connectivity index (χ1) is 12.9. The first kappa shape index (κ1) is 19.6. The molecule has 0 saturated carbocycles. The Morgan fingerprint density at radius 1 is 1.15 bits per heavy atom. The number of nitrogens with zero attached hydrogens (tertiary/aromatic N) is 1. The summed E-state index contributed by atoms with van der Waals surface area (Å²) in [6, 6.07) is 9.11. The lowest BCUT2D eigenvalue weighted by molar-refractivity contribution is -0.140. The smallest absolute Gasteiger partial charge is 0.241 e. The Balaban J connectivity index is 1.85. The number of rotatable bonds is 6. The van der Waals surface area contributed by atoms with Crippen LogP contribution in [0.3, 0.4) is 0 Å². The van der Waals surface area contributed by atoms with Gasteiger partial charge in [0.25, 0.3) is 0 Å². The first-order valence-electron chi connectivity index (χ1n) is 8.87. The SMILES string of the molecule is Cc1ccc(S(=O)(=O)N[C@@H](c2ccco2)[C@@H](C)C(=O)N2CCOCC2)cc1. The summed E-state index contributed by atoms with van der Waals surface area (Å²) < 4.78 is 39.1. The number of carbonyl (C=O) groups is 1. The van der Waals surface area contributed by atoms with Gasteiger partial charge in [-0.25, -0.2) is 8.42 Å². The topological polar surface area (TPSA) is 88.8 Å². The third-order valence-electron chi connectivity index (χ3n) is 4.68. The molecule has 1 N–H and O–H groups in total. The normalized spacial score (nSPS) is 17.5. The number of ether oxygens (including phenoxy) is 1. The molecular weight excluding hydrogens is 368 g/mol. The molecule has 0 aliphatic carbocycles. The predicted octanol–water partition coefficient (Wildman–Crippen LogP) is 2.10. The van der Waals surface area contributed by atoms with Gasteiger partial charge in [-0.05, 0) is 31.2 Å². The van der Waals surface area contributed by atoms with Crippen molar-refractivity contribution < 1.29 is 22.4 Å².